The number of aromatic nitrogens is 4. The van der Waals surface area contributed by atoms with Crippen LogP contribution in [-0.4, -0.2) is 25.4 Å². The number of hydrogen-bond acceptors (Lipinski definition) is 4. The highest BCUT2D eigenvalue weighted by Crippen LogP contribution is 2.19. The lowest BCUT2D eigenvalue weighted by Gasteiger charge is -2.12. The van der Waals surface area contributed by atoms with Gasteiger partial charge in [0.15, 0.2) is 0 Å². The summed E-state index contributed by atoms with van der Waals surface area (Å²) in [6, 6.07) is 10.4. The maximum atomic E-state index is 14.1. The van der Waals surface area contributed by atoms with E-state index in [1.807, 2.05) is 48.9 Å². The second-order valence-corrected chi connectivity index (χ2v) is 6.90. The van der Waals surface area contributed by atoms with E-state index in [2.05, 4.69) is 20.3 Å². The fourth-order valence-corrected chi connectivity index (χ4v) is 3.20. The van der Waals surface area contributed by atoms with Crippen LogP contribution in [0.5, 0.6) is 0 Å². The summed E-state index contributed by atoms with van der Waals surface area (Å²) >= 11 is 0. The molecule has 4 rings (SSSR count). The van der Waals surface area contributed by atoms with Crippen LogP contribution < -0.4 is 5.32 Å². The van der Waals surface area contributed by atoms with Crippen molar-refractivity contribution in [2.45, 2.75) is 26.9 Å². The molecule has 0 radical (unpaired) electrons. The number of amides is 1. The Hall–Kier alpha value is -3.61. The molecule has 2 aromatic carbocycles. The molecule has 0 unspecified atom stereocenters. The average molecular weight is 389 g/mol. The van der Waals surface area contributed by atoms with Gasteiger partial charge in [-0.2, -0.15) is 0 Å². The summed E-state index contributed by atoms with van der Waals surface area (Å²) < 4.78 is 16.0. The molecule has 6 nitrogen and oxygen atoms in total. The molecule has 0 aliphatic heterocycles. The topological polar surface area (TPSA) is 72.7 Å². The van der Waals surface area contributed by atoms with Crippen LogP contribution in [0.4, 0.5) is 4.39 Å². The summed E-state index contributed by atoms with van der Waals surface area (Å²) in [5.74, 6) is -0.898. The first-order valence-corrected chi connectivity index (χ1v) is 9.26. The highest BCUT2D eigenvalue weighted by Gasteiger charge is 2.16. The molecule has 0 atom stereocenters. The van der Waals surface area contributed by atoms with Crippen molar-refractivity contribution in [3.05, 3.63) is 89.0 Å². The van der Waals surface area contributed by atoms with Gasteiger partial charge < -0.3 is 9.88 Å². The first-order valence-electron chi connectivity index (χ1n) is 9.26. The molecule has 0 aliphatic rings. The molecule has 29 heavy (non-hydrogen) atoms. The monoisotopic (exact) mass is 389 g/mol. The summed E-state index contributed by atoms with van der Waals surface area (Å²) in [5, 5.41) is 2.89. The number of nitrogens with zero attached hydrogens (tertiary/aromatic N) is 4. The molecule has 0 spiro atoms. The fraction of sp³-hybridized carbons (Fsp3) is 0.182. The largest absolute Gasteiger partial charge is 0.348 e. The summed E-state index contributed by atoms with van der Waals surface area (Å²) in [6.07, 6.45) is 5.36. The predicted molar refractivity (Wildman–Crippen MR) is 108 cm³/mol. The van der Waals surface area contributed by atoms with Crippen LogP contribution in [0.25, 0.3) is 11.0 Å². The zero-order valence-corrected chi connectivity index (χ0v) is 16.2. The van der Waals surface area contributed by atoms with Crippen molar-refractivity contribution in [3.8, 4) is 0 Å². The number of fused-ring (bicyclic) bond motifs is 1. The first kappa shape index (κ1) is 18.7. The maximum absolute atomic E-state index is 14.1. The third-order valence-corrected chi connectivity index (χ3v) is 4.86. The minimum atomic E-state index is -0.513. The predicted octanol–water partition coefficient (Wildman–Crippen LogP) is 3.56. The Morgan fingerprint density at radius 1 is 1.10 bits per heavy atom. The number of rotatable bonds is 5. The number of nitrogens with one attached hydrogen (secondary N) is 1. The maximum Gasteiger partial charge on any atom is 0.253 e. The molecule has 4 aromatic rings. The lowest BCUT2D eigenvalue weighted by Crippen LogP contribution is -2.24. The molecular weight excluding hydrogens is 369 g/mol. The molecule has 2 heterocycles. The smallest absolute Gasteiger partial charge is 0.253 e. The van der Waals surface area contributed by atoms with Crippen LogP contribution in [0.1, 0.15) is 32.9 Å². The molecule has 146 valence electrons. The standard InChI is InChI=1S/C22H20FN5O/c1-14-15(2)27-21-19(9-18(23)10-20(21)26-14)22(29)25-11-16-5-3-4-6-17(16)12-28-8-7-24-13-28/h3-10,13H,11-12H2,1-2H3,(H,25,29). The van der Waals surface area contributed by atoms with E-state index < -0.39 is 5.82 Å². The van der Waals surface area contributed by atoms with Gasteiger partial charge in [0, 0.05) is 31.5 Å². The average Bonchev–Trinajstić information content (AvgIpc) is 3.21. The molecule has 0 aliphatic carbocycles. The van der Waals surface area contributed by atoms with Crippen LogP contribution in [0, 0.1) is 19.7 Å². The van der Waals surface area contributed by atoms with E-state index in [-0.39, 0.29) is 11.5 Å². The van der Waals surface area contributed by atoms with Gasteiger partial charge in [-0.3, -0.25) is 4.79 Å². The number of halogens is 1. The van der Waals surface area contributed by atoms with Crippen LogP contribution in [0.2, 0.25) is 0 Å². The Morgan fingerprint density at radius 3 is 2.62 bits per heavy atom. The molecular formula is C22H20FN5O. The summed E-state index contributed by atoms with van der Waals surface area (Å²) in [7, 11) is 0. The van der Waals surface area contributed by atoms with Gasteiger partial charge in [-0.15, -0.1) is 0 Å². The normalized spacial score (nSPS) is 11.0. The molecule has 2 aromatic heterocycles. The molecule has 0 bridgehead atoms. The van der Waals surface area contributed by atoms with Gasteiger partial charge >= 0.3 is 0 Å². The molecule has 1 amide bonds. The van der Waals surface area contributed by atoms with Crippen molar-refractivity contribution < 1.29 is 9.18 Å². The number of benzene rings is 2. The number of aryl methyl sites for hydroxylation is 2. The molecule has 1 N–H and O–H groups in total. The highest BCUT2D eigenvalue weighted by atomic mass is 19.1. The third kappa shape index (κ3) is 3.99. The fourth-order valence-electron chi connectivity index (χ4n) is 3.20. The zero-order chi connectivity index (χ0) is 20.4. The number of carbonyl (C=O) groups excluding carboxylic acids is 1. The van der Waals surface area contributed by atoms with Gasteiger partial charge in [-0.1, -0.05) is 24.3 Å². The van der Waals surface area contributed by atoms with Gasteiger partial charge in [0.25, 0.3) is 5.91 Å². The minimum absolute atomic E-state index is 0.183. The van der Waals surface area contributed by atoms with Gasteiger partial charge in [0.05, 0.1) is 28.8 Å². The Labute approximate surface area is 167 Å². The number of imidazole rings is 1. The SMILES string of the molecule is Cc1nc2cc(F)cc(C(=O)NCc3ccccc3Cn3ccnc3)c2nc1C. The van der Waals surface area contributed by atoms with Crippen LogP contribution in [0.15, 0.2) is 55.1 Å². The Morgan fingerprint density at radius 2 is 1.86 bits per heavy atom. The van der Waals surface area contributed by atoms with Crippen molar-refractivity contribution in [1.29, 1.82) is 0 Å². The van der Waals surface area contributed by atoms with Crippen molar-refractivity contribution in [3.63, 3.8) is 0 Å². The number of carbonyl (C=O) groups is 1. The van der Waals surface area contributed by atoms with Crippen LogP contribution >= 0.6 is 0 Å². The van der Waals surface area contributed by atoms with Gasteiger partial charge in [-0.25, -0.2) is 19.3 Å². The van der Waals surface area contributed by atoms with E-state index in [1.54, 1.807) is 12.5 Å². The van der Waals surface area contributed by atoms with Crippen molar-refractivity contribution in [2.75, 3.05) is 0 Å². The Kier molecular flexibility index (Phi) is 5.03. The van der Waals surface area contributed by atoms with Gasteiger partial charge in [0.1, 0.15) is 11.3 Å². The third-order valence-electron chi connectivity index (χ3n) is 4.86. The first-order chi connectivity index (χ1) is 14.0. The van der Waals surface area contributed by atoms with Gasteiger partial charge in [-0.05, 0) is 31.0 Å². The Balaban J connectivity index is 1.59. The lowest BCUT2D eigenvalue weighted by atomic mass is 10.1. The second kappa shape index (κ2) is 7.79. The van der Waals surface area contributed by atoms with Crippen LogP contribution in [-0.2, 0) is 13.1 Å². The summed E-state index contributed by atoms with van der Waals surface area (Å²) in [6.45, 7) is 4.60. The summed E-state index contributed by atoms with van der Waals surface area (Å²) in [4.78, 5) is 25.7. The van der Waals surface area contributed by atoms with E-state index in [0.717, 1.165) is 11.1 Å². The zero-order valence-electron chi connectivity index (χ0n) is 16.2. The lowest BCUT2D eigenvalue weighted by molar-refractivity contribution is 0.0952. The van der Waals surface area contributed by atoms with E-state index in [9.17, 15) is 9.18 Å². The highest BCUT2D eigenvalue weighted by molar-refractivity contribution is 6.04. The summed E-state index contributed by atoms with van der Waals surface area (Å²) in [5.41, 5.74) is 4.43. The quantitative estimate of drug-likeness (QED) is 0.566. The van der Waals surface area contributed by atoms with Crippen molar-refractivity contribution in [1.82, 2.24) is 24.8 Å². The second-order valence-electron chi connectivity index (χ2n) is 6.90. The van der Waals surface area contributed by atoms with Crippen molar-refractivity contribution >= 4 is 16.9 Å². The Bertz CT molecular complexity index is 1190. The van der Waals surface area contributed by atoms with Crippen molar-refractivity contribution in [2.24, 2.45) is 0 Å². The van der Waals surface area contributed by atoms with E-state index in [0.29, 0.717) is 35.5 Å². The molecule has 0 saturated heterocycles. The molecule has 0 fully saturated rings. The van der Waals surface area contributed by atoms with Gasteiger partial charge in [0.2, 0.25) is 0 Å². The molecule has 7 heteroatoms. The number of hydrogen-bond donors (Lipinski definition) is 1. The van der Waals surface area contributed by atoms with Crippen LogP contribution in [0.3, 0.4) is 0 Å². The molecule has 0 saturated carbocycles. The van der Waals surface area contributed by atoms with E-state index in [4.69, 9.17) is 0 Å². The van der Waals surface area contributed by atoms with E-state index >= 15 is 0 Å². The van der Waals surface area contributed by atoms with E-state index in [1.165, 1.54) is 12.1 Å². The minimum Gasteiger partial charge on any atom is -0.348 e.